The molecule has 0 saturated heterocycles. The van der Waals surface area contributed by atoms with Gasteiger partial charge in [-0.05, 0) is 61.7 Å². The number of rotatable bonds is 2. The fraction of sp³-hybridized carbons (Fsp3) is 0.188. The Morgan fingerprint density at radius 3 is 2.21 bits per heavy atom. The highest BCUT2D eigenvalue weighted by atomic mass is 35.5. The molecule has 1 nitrogen and oxygen atoms in total. The van der Waals surface area contributed by atoms with E-state index in [1.165, 1.54) is 12.1 Å². The Morgan fingerprint density at radius 2 is 1.58 bits per heavy atom. The number of aryl methyl sites for hydroxylation is 3. The van der Waals surface area contributed by atoms with Gasteiger partial charge in [0.1, 0.15) is 5.82 Å². The highest BCUT2D eigenvalue weighted by molar-refractivity contribution is 6.30. The summed E-state index contributed by atoms with van der Waals surface area (Å²) >= 11 is 5.69. The summed E-state index contributed by atoms with van der Waals surface area (Å²) in [6.45, 7) is 5.77. The van der Waals surface area contributed by atoms with Crippen LogP contribution >= 0.6 is 11.6 Å². The van der Waals surface area contributed by atoms with Gasteiger partial charge in [-0.1, -0.05) is 17.7 Å². The van der Waals surface area contributed by atoms with Crippen molar-refractivity contribution in [1.29, 1.82) is 0 Å². The molecule has 0 saturated carbocycles. The maximum atomic E-state index is 13.8. The zero-order valence-corrected chi connectivity index (χ0v) is 11.8. The average Bonchev–Trinajstić information content (AvgIpc) is 2.33. The number of carbonyl (C=O) groups is 1. The lowest BCUT2D eigenvalue weighted by molar-refractivity contribution is 0.103. The average molecular weight is 277 g/mol. The van der Waals surface area contributed by atoms with Crippen molar-refractivity contribution in [2.24, 2.45) is 0 Å². The highest BCUT2D eigenvalue weighted by Gasteiger charge is 2.17. The van der Waals surface area contributed by atoms with E-state index < -0.39 is 5.82 Å². The first-order valence-electron chi connectivity index (χ1n) is 5.97. The van der Waals surface area contributed by atoms with E-state index in [1.54, 1.807) is 6.07 Å². The predicted molar refractivity (Wildman–Crippen MR) is 75.5 cm³/mol. The number of ketones is 1. The molecule has 19 heavy (non-hydrogen) atoms. The summed E-state index contributed by atoms with van der Waals surface area (Å²) in [5, 5.41) is 0.283. The van der Waals surface area contributed by atoms with Crippen molar-refractivity contribution in [1.82, 2.24) is 0 Å². The van der Waals surface area contributed by atoms with Crippen LogP contribution in [0.2, 0.25) is 5.02 Å². The summed E-state index contributed by atoms with van der Waals surface area (Å²) in [6, 6.07) is 7.85. The molecule has 0 N–H and O–H groups in total. The molecule has 0 atom stereocenters. The van der Waals surface area contributed by atoms with Crippen molar-refractivity contribution < 1.29 is 9.18 Å². The fourth-order valence-electron chi connectivity index (χ4n) is 2.02. The highest BCUT2D eigenvalue weighted by Crippen LogP contribution is 2.22. The maximum absolute atomic E-state index is 13.8. The third-order valence-electron chi connectivity index (χ3n) is 3.26. The van der Waals surface area contributed by atoms with Crippen LogP contribution in [0.15, 0.2) is 30.3 Å². The summed E-state index contributed by atoms with van der Waals surface area (Å²) in [4.78, 5) is 12.4. The molecule has 0 radical (unpaired) electrons. The van der Waals surface area contributed by atoms with E-state index in [2.05, 4.69) is 0 Å². The van der Waals surface area contributed by atoms with Gasteiger partial charge in [0.05, 0.1) is 5.56 Å². The lowest BCUT2D eigenvalue weighted by atomic mass is 9.94. The predicted octanol–water partition coefficient (Wildman–Crippen LogP) is 4.64. The summed E-state index contributed by atoms with van der Waals surface area (Å²) in [5.41, 5.74) is 3.57. The van der Waals surface area contributed by atoms with E-state index in [-0.39, 0.29) is 16.4 Å². The number of halogens is 2. The molecule has 0 aliphatic rings. The number of carbonyl (C=O) groups excluding carboxylic acids is 1. The molecule has 0 aromatic heterocycles. The van der Waals surface area contributed by atoms with Gasteiger partial charge in [-0.25, -0.2) is 4.39 Å². The summed E-state index contributed by atoms with van der Waals surface area (Å²) in [6.07, 6.45) is 0. The van der Waals surface area contributed by atoms with Gasteiger partial charge >= 0.3 is 0 Å². The van der Waals surface area contributed by atoms with Crippen LogP contribution in [0.5, 0.6) is 0 Å². The zero-order chi connectivity index (χ0) is 14.2. The van der Waals surface area contributed by atoms with E-state index in [4.69, 9.17) is 11.6 Å². The molecule has 3 heteroatoms. The largest absolute Gasteiger partial charge is 0.288 e. The quantitative estimate of drug-likeness (QED) is 0.731. The van der Waals surface area contributed by atoms with Gasteiger partial charge in [-0.3, -0.25) is 4.79 Å². The van der Waals surface area contributed by atoms with Crippen molar-refractivity contribution in [3.05, 3.63) is 69.0 Å². The minimum Gasteiger partial charge on any atom is -0.288 e. The Hall–Kier alpha value is -1.67. The molecule has 2 aromatic carbocycles. The first-order valence-corrected chi connectivity index (χ1v) is 6.35. The van der Waals surface area contributed by atoms with Crippen LogP contribution in [0.1, 0.15) is 32.6 Å². The molecule has 0 unspecified atom stereocenters. The standard InChI is InChI=1S/C16H14ClFO/c1-9-6-11(3)14(7-10(9)2)16(19)13-5-4-12(17)8-15(13)18/h4-8H,1-3H3. The Balaban J connectivity index is 2.53. The van der Waals surface area contributed by atoms with Crippen LogP contribution in [-0.4, -0.2) is 5.78 Å². The van der Waals surface area contributed by atoms with Gasteiger partial charge < -0.3 is 0 Å². The fourth-order valence-corrected chi connectivity index (χ4v) is 2.18. The second kappa shape index (κ2) is 5.14. The van der Waals surface area contributed by atoms with Gasteiger partial charge in [-0.15, -0.1) is 0 Å². The molecule has 0 aliphatic heterocycles. The SMILES string of the molecule is Cc1cc(C)c(C(=O)c2ccc(Cl)cc2F)cc1C. The third-order valence-corrected chi connectivity index (χ3v) is 3.50. The van der Waals surface area contributed by atoms with E-state index in [9.17, 15) is 9.18 Å². The molecule has 98 valence electrons. The van der Waals surface area contributed by atoms with Crippen molar-refractivity contribution in [3.8, 4) is 0 Å². The van der Waals surface area contributed by atoms with Gasteiger partial charge in [0, 0.05) is 10.6 Å². The Bertz CT molecular complexity index is 662. The minimum atomic E-state index is -0.588. The smallest absolute Gasteiger partial charge is 0.196 e. The van der Waals surface area contributed by atoms with Crippen LogP contribution in [0.25, 0.3) is 0 Å². The molecule has 0 bridgehead atoms. The van der Waals surface area contributed by atoms with Crippen LogP contribution in [0, 0.1) is 26.6 Å². The Kier molecular flexibility index (Phi) is 3.72. The summed E-state index contributed by atoms with van der Waals surface area (Å²) in [7, 11) is 0. The van der Waals surface area contributed by atoms with E-state index in [1.807, 2.05) is 26.8 Å². The first kappa shape index (κ1) is 13.8. The monoisotopic (exact) mass is 276 g/mol. The number of hydrogen-bond acceptors (Lipinski definition) is 1. The molecular weight excluding hydrogens is 263 g/mol. The first-order chi connectivity index (χ1) is 8.90. The van der Waals surface area contributed by atoms with Crippen molar-refractivity contribution in [2.75, 3.05) is 0 Å². The van der Waals surface area contributed by atoms with Crippen molar-refractivity contribution >= 4 is 17.4 Å². The van der Waals surface area contributed by atoms with E-state index in [0.29, 0.717) is 5.56 Å². The third kappa shape index (κ3) is 2.69. The summed E-state index contributed by atoms with van der Waals surface area (Å²) in [5.74, 6) is -0.898. The topological polar surface area (TPSA) is 17.1 Å². The van der Waals surface area contributed by atoms with Gasteiger partial charge in [0.2, 0.25) is 0 Å². The Morgan fingerprint density at radius 1 is 0.947 bits per heavy atom. The van der Waals surface area contributed by atoms with Crippen LogP contribution < -0.4 is 0 Å². The lowest BCUT2D eigenvalue weighted by Gasteiger charge is -2.09. The van der Waals surface area contributed by atoms with Gasteiger partial charge in [0.25, 0.3) is 0 Å². The molecule has 0 aliphatic carbocycles. The van der Waals surface area contributed by atoms with Crippen molar-refractivity contribution in [3.63, 3.8) is 0 Å². The van der Waals surface area contributed by atoms with Gasteiger partial charge in [-0.2, -0.15) is 0 Å². The van der Waals surface area contributed by atoms with Crippen LogP contribution in [0.3, 0.4) is 0 Å². The molecule has 0 amide bonds. The minimum absolute atomic E-state index is 0.0516. The summed E-state index contributed by atoms with van der Waals surface area (Å²) < 4.78 is 13.8. The number of hydrogen-bond donors (Lipinski definition) is 0. The second-order valence-corrected chi connectivity index (χ2v) is 5.14. The lowest BCUT2D eigenvalue weighted by Crippen LogP contribution is -2.07. The second-order valence-electron chi connectivity index (χ2n) is 4.70. The molecule has 0 fully saturated rings. The van der Waals surface area contributed by atoms with E-state index >= 15 is 0 Å². The molecule has 0 heterocycles. The molecule has 0 spiro atoms. The van der Waals surface area contributed by atoms with Gasteiger partial charge in [0.15, 0.2) is 5.78 Å². The molecular formula is C16H14ClFO. The van der Waals surface area contributed by atoms with E-state index in [0.717, 1.165) is 22.8 Å². The Labute approximate surface area is 117 Å². The molecule has 2 aromatic rings. The van der Waals surface area contributed by atoms with Crippen LogP contribution in [-0.2, 0) is 0 Å². The zero-order valence-electron chi connectivity index (χ0n) is 11.1. The van der Waals surface area contributed by atoms with Crippen molar-refractivity contribution in [2.45, 2.75) is 20.8 Å². The number of benzene rings is 2. The molecule has 2 rings (SSSR count). The normalized spacial score (nSPS) is 10.6. The maximum Gasteiger partial charge on any atom is 0.196 e. The van der Waals surface area contributed by atoms with Crippen LogP contribution in [0.4, 0.5) is 4.39 Å².